The van der Waals surface area contributed by atoms with Gasteiger partial charge in [0, 0.05) is 79.7 Å². The molecule has 31 unspecified atom stereocenters. The molecule has 0 aliphatic heterocycles. The van der Waals surface area contributed by atoms with Crippen molar-refractivity contribution >= 4 is 395 Å². The van der Waals surface area contributed by atoms with Crippen LogP contribution in [0.3, 0.4) is 0 Å². The van der Waals surface area contributed by atoms with Gasteiger partial charge in [-0.25, -0.2) is 0 Å². The standard InChI is InChI=1S/3C14H28O6P.2C14H28O5P.2C13H26O5P.7Ba.7H/c3*1-9(2)18-8-11-6-7-12(15)13(16)14(11)20-21(5,17)19-10(3)4;2*1-10(2)17-9-12-7-6-8-13(15)14(12)19-20(5,16)18-11(3)4;2*1-9(2)16-11-7-6-8-12(13(11)14)18-19(5,15)17-10(3)4;;;;;;;;;;;;;;/h3*7,9-16H,6,8H2,1-5H3;2*6,10-15H,7-9H2,1-5H3;2*8-14H,6-7H2,1-5H3;;;;;;;;;;;;;;/q7*-1;7*+2;7*-1. The predicted octanol–water partition coefficient (Wildman–Crippen LogP) is 15.7. The average molecular weight is 3140 g/mol. The van der Waals surface area contributed by atoms with Gasteiger partial charge >= 0.3 is 395 Å². The van der Waals surface area contributed by atoms with Crippen LogP contribution in [0.15, 0.2) is 0 Å². The largest absolute Gasteiger partial charge is 2.00 e. The summed E-state index contributed by atoms with van der Waals surface area (Å²) in [6.45, 7) is 64.0. The zero-order chi connectivity index (χ0) is 109. The van der Waals surface area contributed by atoms with Crippen LogP contribution in [0.2, 0.25) is 0 Å². The topological polar surface area (TPSA) is 516 Å². The second-order valence-electron chi connectivity index (χ2n) is 41.2. The van der Waals surface area contributed by atoms with Crippen LogP contribution in [0, 0.1) is 74.5 Å². The summed E-state index contributed by atoms with van der Waals surface area (Å²) in [6, 6.07) is 0. The molecule has 0 aromatic carbocycles. The Labute approximate surface area is 1180 Å². The SMILES string of the molecule is CC(C)OC1CC[CH-]C(OP(C)(=O)OC(C)C)C1O.CC(C)OC1CC[CH-]C(OP(C)(=O)OC(C)C)C1O.CC(C)OCC1C[CH-]C(O)C(O)C1OP(C)(=O)OC(C)C.CC(C)OCC1C[CH-]C(O)C(O)C1OP(C)(=O)OC(C)C.CC(C)OCC1C[CH-]C(O)C(O)C1OP(C)(=O)OC(C)C.CC(C)OCC1C[CH-]CC(O)C1OP(C)(=O)OC(C)C.CC(C)OCC1C[CH-]CC(O)C1OP(C)(=O)OC(C)C.[Ba+2].[Ba+2].[Ba+2].[Ba+2].[Ba+2].[Ba+2].[Ba+2].[H-].[H-].[H-].[H-].[H-].[H-].[H-]. The van der Waals surface area contributed by atoms with E-state index in [0.717, 1.165) is 38.5 Å². The van der Waals surface area contributed by atoms with E-state index in [1.54, 1.807) is 88.5 Å². The molecule has 0 aromatic rings. The molecule has 7 saturated carbocycles. The Morgan fingerprint density at radius 2 is 0.419 bits per heavy atom. The van der Waals surface area contributed by atoms with Crippen LogP contribution in [-0.2, 0) is 128 Å². The van der Waals surface area contributed by atoms with Gasteiger partial charge in [0.2, 0.25) is 0 Å². The van der Waals surface area contributed by atoms with E-state index >= 15 is 0 Å². The maximum absolute atomic E-state index is 12.3. The van der Waals surface area contributed by atoms with E-state index in [-0.39, 0.29) is 479 Å². The fourth-order valence-electron chi connectivity index (χ4n) is 16.0. The molecule has 38 nitrogen and oxygen atoms in total. The Kier molecular flexibility index (Phi) is 102. The van der Waals surface area contributed by atoms with Crippen molar-refractivity contribution in [2.45, 2.75) is 466 Å². The maximum atomic E-state index is 12.3. The number of aliphatic hydroxyl groups is 10. The van der Waals surface area contributed by atoms with E-state index in [1.807, 2.05) is 150 Å². The molecule has 0 amide bonds. The van der Waals surface area contributed by atoms with Gasteiger partial charge < -0.3 is 170 Å². The van der Waals surface area contributed by atoms with Crippen molar-refractivity contribution in [2.24, 2.45) is 29.6 Å². The molecule has 0 spiro atoms. The van der Waals surface area contributed by atoms with Gasteiger partial charge in [0.05, 0.1) is 171 Å². The molecule has 0 radical (unpaired) electrons. The van der Waals surface area contributed by atoms with E-state index in [2.05, 4.69) is 0 Å². The molecular weight excluding hydrogens is 2940 g/mol. The predicted molar refractivity (Wildman–Crippen MR) is 594 cm³/mol. The monoisotopic (exact) mass is 3140 g/mol. The van der Waals surface area contributed by atoms with Crippen molar-refractivity contribution in [3.63, 3.8) is 0 Å². The Balaban J connectivity index is -0.000000123. The van der Waals surface area contributed by atoms with Crippen molar-refractivity contribution in [3.8, 4) is 0 Å². The smallest absolute Gasteiger partial charge is 1.00 e. The number of hydrogen-bond acceptors (Lipinski definition) is 38. The van der Waals surface area contributed by atoms with Crippen LogP contribution in [-0.4, -0.2) is 674 Å². The maximum Gasteiger partial charge on any atom is 2.00 e. The third kappa shape index (κ3) is 78.5. The minimum atomic E-state index is -3.31. The molecule has 0 aromatic heterocycles. The normalized spacial score (nSPS) is 30.6. The van der Waals surface area contributed by atoms with E-state index in [9.17, 15) is 83.0 Å². The van der Waals surface area contributed by atoms with E-state index in [0.29, 0.717) is 65.1 Å². The van der Waals surface area contributed by atoms with E-state index in [4.69, 9.17) is 96.5 Å². The van der Waals surface area contributed by atoms with Crippen LogP contribution in [0.5, 0.6) is 0 Å². The Morgan fingerprint density at radius 1 is 0.236 bits per heavy atom. The fourth-order valence-corrected chi connectivity index (χ4v) is 26.7. The Bertz CT molecular complexity index is 3450. The molecule has 7 rings (SSSR count). The van der Waals surface area contributed by atoms with Crippen LogP contribution in [0.1, 0.15) is 274 Å². The van der Waals surface area contributed by atoms with Crippen molar-refractivity contribution < 1.29 is 189 Å². The zero-order valence-electron chi connectivity index (χ0n) is 103. The molecule has 148 heavy (non-hydrogen) atoms. The Morgan fingerprint density at radius 3 is 0.601 bits per heavy atom. The summed E-state index contributed by atoms with van der Waals surface area (Å²) in [4.78, 5) is 0. The Hall–Kier alpha value is 11.4. The molecule has 860 valence electrons. The average Bonchev–Trinajstić information content (AvgIpc) is 0.835. The summed E-state index contributed by atoms with van der Waals surface area (Å²) in [5.41, 5.74) is 0. The van der Waals surface area contributed by atoms with Crippen LogP contribution >= 0.6 is 53.2 Å². The fraction of sp³-hybridized carbons (Fsp3) is 0.927. The summed E-state index contributed by atoms with van der Waals surface area (Å²) < 4.78 is 201. The van der Waals surface area contributed by atoms with Crippen molar-refractivity contribution in [1.29, 1.82) is 0 Å². The second kappa shape index (κ2) is 87.8. The molecular formula is C96H199Ba7O38P7. The van der Waals surface area contributed by atoms with Gasteiger partial charge in [-0.1, -0.05) is 12.8 Å². The van der Waals surface area contributed by atoms with Gasteiger partial charge in [-0.05, 0) is 254 Å². The molecule has 10 N–H and O–H groups in total. The molecule has 7 aliphatic carbocycles. The molecule has 0 heterocycles. The van der Waals surface area contributed by atoms with Gasteiger partial charge in [0.15, 0.2) is 0 Å². The second-order valence-corrected chi connectivity index (χ2v) is 55.0. The summed E-state index contributed by atoms with van der Waals surface area (Å²) in [6.07, 6.45) is 4.46. The quantitative estimate of drug-likeness (QED) is 0.0154. The number of aliphatic hydroxyl groups excluding tert-OH is 10. The first-order valence-electron chi connectivity index (χ1n) is 50.3. The third-order valence-corrected chi connectivity index (χ3v) is 31.2. The minimum Gasteiger partial charge on any atom is -1.00 e. The van der Waals surface area contributed by atoms with Crippen LogP contribution < -0.4 is 0 Å². The number of ether oxygens (including phenoxy) is 7. The van der Waals surface area contributed by atoms with Crippen LogP contribution in [0.4, 0.5) is 0 Å². The summed E-state index contributed by atoms with van der Waals surface area (Å²) in [5.74, 6) is -0.505. The van der Waals surface area contributed by atoms with Gasteiger partial charge in [-0.3, -0.25) is 64.1 Å². The summed E-state index contributed by atoms with van der Waals surface area (Å²) in [5, 5.41) is 100. The van der Waals surface area contributed by atoms with Crippen molar-refractivity contribution in [3.05, 3.63) is 44.9 Å². The van der Waals surface area contributed by atoms with Crippen molar-refractivity contribution in [1.82, 2.24) is 0 Å². The molecule has 0 saturated heterocycles. The molecule has 0 bridgehead atoms. The van der Waals surface area contributed by atoms with Crippen LogP contribution in [0.25, 0.3) is 0 Å². The van der Waals surface area contributed by atoms with Gasteiger partial charge in [0.25, 0.3) is 0 Å². The minimum absolute atomic E-state index is 0. The van der Waals surface area contributed by atoms with Crippen molar-refractivity contribution in [2.75, 3.05) is 79.7 Å². The molecule has 7 aliphatic rings. The number of rotatable bonds is 47. The zero-order valence-corrected chi connectivity index (χ0v) is 134. The first-order chi connectivity index (χ1) is 64.7. The third-order valence-electron chi connectivity index (χ3n) is 21.2. The van der Waals surface area contributed by atoms with E-state index in [1.165, 1.54) is 46.7 Å². The summed E-state index contributed by atoms with van der Waals surface area (Å²) >= 11 is 0. The van der Waals surface area contributed by atoms with Gasteiger partial charge in [-0.2, -0.15) is 57.8 Å². The number of hydrogen-bond donors (Lipinski definition) is 10. The molecule has 52 heteroatoms. The first kappa shape index (κ1) is 172. The van der Waals surface area contributed by atoms with Gasteiger partial charge in [-0.15, -0.1) is 0 Å². The molecule has 31 atom stereocenters. The summed E-state index contributed by atoms with van der Waals surface area (Å²) in [7, 11) is -22.6. The first-order valence-corrected chi connectivity index (χ1v) is 64.2. The van der Waals surface area contributed by atoms with Gasteiger partial charge in [0.1, 0.15) is 0 Å². The van der Waals surface area contributed by atoms with E-state index < -0.39 is 157 Å². The molecule has 7 fully saturated rings.